The third-order valence-electron chi connectivity index (χ3n) is 6.28. The van der Waals surface area contributed by atoms with Gasteiger partial charge in [0.25, 0.3) is 0 Å². The van der Waals surface area contributed by atoms with Gasteiger partial charge in [-0.05, 0) is 23.8 Å². The maximum Gasteiger partial charge on any atom is 0.247 e. The molecule has 2 atom stereocenters. The van der Waals surface area contributed by atoms with Gasteiger partial charge in [0.15, 0.2) is 5.17 Å². The highest BCUT2D eigenvalue weighted by molar-refractivity contribution is 8.13. The zero-order valence-electron chi connectivity index (χ0n) is 18.0. The second-order valence-electron chi connectivity index (χ2n) is 8.28. The van der Waals surface area contributed by atoms with Gasteiger partial charge >= 0.3 is 0 Å². The van der Waals surface area contributed by atoms with Crippen LogP contribution in [-0.2, 0) is 11.2 Å². The monoisotopic (exact) mass is 441 g/mol. The van der Waals surface area contributed by atoms with Crippen molar-refractivity contribution >= 4 is 22.9 Å². The number of hydrogen-bond donors (Lipinski definition) is 3. The second-order valence-corrected chi connectivity index (χ2v) is 9.07. The number of ether oxygens (including phenoxy) is 1. The molecule has 4 aliphatic rings. The van der Waals surface area contributed by atoms with Gasteiger partial charge in [-0.25, -0.2) is 10.0 Å². The zero-order chi connectivity index (χ0) is 21.0. The molecule has 0 saturated carbocycles. The van der Waals surface area contributed by atoms with Crippen LogP contribution in [0.15, 0.2) is 51.6 Å². The Bertz CT molecular complexity index is 866. The van der Waals surface area contributed by atoms with E-state index >= 15 is 0 Å². The number of amidine groups is 1. The van der Waals surface area contributed by atoms with Crippen LogP contribution >= 0.6 is 11.8 Å². The number of thioether (sulfide) groups is 1. The molecular formula is C22H31N7OS. The van der Waals surface area contributed by atoms with Gasteiger partial charge in [0.2, 0.25) is 5.96 Å². The summed E-state index contributed by atoms with van der Waals surface area (Å²) in [5.41, 5.74) is 7.27. The Morgan fingerprint density at radius 1 is 1.19 bits per heavy atom. The number of nitrogens with one attached hydrogen (secondary N) is 3. The lowest BCUT2D eigenvalue weighted by molar-refractivity contribution is 0.0381. The largest absolute Gasteiger partial charge is 0.379 e. The predicted octanol–water partition coefficient (Wildman–Crippen LogP) is 0.859. The first-order chi connectivity index (χ1) is 15.3. The van der Waals surface area contributed by atoms with Gasteiger partial charge in [-0.15, -0.1) is 0 Å². The fraction of sp³-hybridized carbons (Fsp3) is 0.545. The van der Waals surface area contributed by atoms with Gasteiger partial charge in [-0.3, -0.25) is 21.0 Å². The second kappa shape index (κ2) is 9.70. The lowest BCUT2D eigenvalue weighted by Crippen LogP contribution is -2.55. The number of benzene rings is 1. The van der Waals surface area contributed by atoms with Crippen molar-refractivity contribution in [1.29, 1.82) is 0 Å². The molecule has 0 aromatic heterocycles. The summed E-state index contributed by atoms with van der Waals surface area (Å²) in [6.45, 7) is 7.42. The summed E-state index contributed by atoms with van der Waals surface area (Å²) < 4.78 is 5.46. The Morgan fingerprint density at radius 3 is 2.84 bits per heavy atom. The van der Waals surface area contributed by atoms with E-state index in [1.807, 2.05) is 6.26 Å². The van der Waals surface area contributed by atoms with E-state index in [1.54, 1.807) is 11.8 Å². The molecule has 4 heterocycles. The SMILES string of the molecule is CSC1=NC2=NC3=C(CN2N1)C(Cc1ccccc1)CNC3NCCN1CCOCC1. The molecule has 9 heteroatoms. The molecule has 8 nitrogen and oxygen atoms in total. The van der Waals surface area contributed by atoms with Gasteiger partial charge in [-0.1, -0.05) is 42.1 Å². The van der Waals surface area contributed by atoms with Gasteiger partial charge in [-0.2, -0.15) is 4.99 Å². The molecule has 1 saturated heterocycles. The Kier molecular flexibility index (Phi) is 6.56. The summed E-state index contributed by atoms with van der Waals surface area (Å²) in [5.74, 6) is 1.19. The smallest absolute Gasteiger partial charge is 0.247 e. The van der Waals surface area contributed by atoms with Gasteiger partial charge in [0, 0.05) is 38.6 Å². The Hall–Kier alpha value is -1.91. The summed E-state index contributed by atoms with van der Waals surface area (Å²) in [6, 6.07) is 10.7. The number of nitrogens with zero attached hydrogens (tertiary/aromatic N) is 4. The first-order valence-electron chi connectivity index (χ1n) is 11.1. The molecule has 31 heavy (non-hydrogen) atoms. The summed E-state index contributed by atoms with van der Waals surface area (Å²) in [7, 11) is 0. The first kappa shape index (κ1) is 21.0. The average Bonchev–Trinajstić information content (AvgIpc) is 3.23. The molecule has 3 N–H and O–H groups in total. The van der Waals surface area contributed by atoms with Crippen LogP contribution < -0.4 is 16.1 Å². The number of fused-ring (bicyclic) bond motifs is 1. The predicted molar refractivity (Wildman–Crippen MR) is 126 cm³/mol. The van der Waals surface area contributed by atoms with Crippen molar-refractivity contribution in [2.75, 3.05) is 58.7 Å². The Morgan fingerprint density at radius 2 is 2.03 bits per heavy atom. The first-order valence-corrected chi connectivity index (χ1v) is 12.3. The molecule has 166 valence electrons. The van der Waals surface area contributed by atoms with E-state index in [0.717, 1.165) is 75.7 Å². The molecule has 1 aromatic rings. The molecule has 0 radical (unpaired) electrons. The minimum atomic E-state index is 0.0613. The molecule has 0 bridgehead atoms. The zero-order valence-corrected chi connectivity index (χ0v) is 18.8. The van der Waals surface area contributed by atoms with Crippen molar-refractivity contribution in [2.45, 2.75) is 12.6 Å². The van der Waals surface area contributed by atoms with Crippen molar-refractivity contribution in [3.8, 4) is 0 Å². The highest BCUT2D eigenvalue weighted by Crippen LogP contribution is 2.31. The fourth-order valence-corrected chi connectivity index (χ4v) is 4.96. The number of hydrazine groups is 1. The molecule has 2 unspecified atom stereocenters. The van der Waals surface area contributed by atoms with E-state index in [2.05, 4.69) is 61.3 Å². The lowest BCUT2D eigenvalue weighted by Gasteiger charge is -2.38. The van der Waals surface area contributed by atoms with Crippen molar-refractivity contribution in [1.82, 2.24) is 26.0 Å². The van der Waals surface area contributed by atoms with Crippen LogP contribution in [0.4, 0.5) is 0 Å². The average molecular weight is 442 g/mol. The van der Waals surface area contributed by atoms with Crippen molar-refractivity contribution in [3.05, 3.63) is 47.2 Å². The van der Waals surface area contributed by atoms with Crippen LogP contribution in [0.3, 0.4) is 0 Å². The van der Waals surface area contributed by atoms with Crippen LogP contribution in [0, 0.1) is 5.92 Å². The number of guanidine groups is 1. The standard InChI is InChI=1S/C22H31N7OS/c1-31-22-26-21-25-19-18(15-29(21)27-22)17(13-16-5-3-2-4-6-16)14-24-20(19)23-7-8-28-9-11-30-12-10-28/h2-6,17,20,23-24H,7-15H2,1H3,(H,25,26,27). The van der Waals surface area contributed by atoms with E-state index in [1.165, 1.54) is 11.1 Å². The lowest BCUT2D eigenvalue weighted by atomic mass is 9.86. The molecule has 1 aromatic carbocycles. The molecule has 5 rings (SSSR count). The number of rotatable bonds is 6. The summed E-state index contributed by atoms with van der Waals surface area (Å²) in [5, 5.41) is 10.4. The van der Waals surface area contributed by atoms with Crippen molar-refractivity contribution in [2.24, 2.45) is 15.9 Å². The Labute approximate surface area is 188 Å². The quantitative estimate of drug-likeness (QED) is 0.605. The van der Waals surface area contributed by atoms with Crippen LogP contribution in [-0.4, -0.2) is 85.9 Å². The van der Waals surface area contributed by atoms with Crippen LogP contribution in [0.1, 0.15) is 5.56 Å². The molecule has 0 spiro atoms. The van der Waals surface area contributed by atoms with Gasteiger partial charge < -0.3 is 4.74 Å². The highest BCUT2D eigenvalue weighted by Gasteiger charge is 2.36. The molecule has 0 aliphatic carbocycles. The van der Waals surface area contributed by atoms with E-state index in [4.69, 9.17) is 9.73 Å². The minimum absolute atomic E-state index is 0.0613. The number of hydrogen-bond acceptors (Lipinski definition) is 9. The molecule has 1 fully saturated rings. The fourth-order valence-electron chi connectivity index (χ4n) is 4.58. The summed E-state index contributed by atoms with van der Waals surface area (Å²) in [4.78, 5) is 12.1. The summed E-state index contributed by atoms with van der Waals surface area (Å²) >= 11 is 1.62. The number of aliphatic imine (C=N–C) groups is 2. The normalized spacial score (nSPS) is 26.2. The van der Waals surface area contributed by atoms with E-state index in [0.29, 0.717) is 5.92 Å². The molecule has 0 amide bonds. The highest BCUT2D eigenvalue weighted by atomic mass is 32.2. The van der Waals surface area contributed by atoms with Crippen LogP contribution in [0.25, 0.3) is 0 Å². The number of morpholine rings is 1. The van der Waals surface area contributed by atoms with Crippen molar-refractivity contribution < 1.29 is 4.74 Å². The van der Waals surface area contributed by atoms with E-state index < -0.39 is 0 Å². The minimum Gasteiger partial charge on any atom is -0.379 e. The van der Waals surface area contributed by atoms with Crippen LogP contribution in [0.2, 0.25) is 0 Å². The van der Waals surface area contributed by atoms with Crippen molar-refractivity contribution in [3.63, 3.8) is 0 Å². The van der Waals surface area contributed by atoms with E-state index in [9.17, 15) is 0 Å². The van der Waals surface area contributed by atoms with E-state index in [-0.39, 0.29) is 6.17 Å². The Balaban J connectivity index is 1.33. The molecular weight excluding hydrogens is 410 g/mol. The third kappa shape index (κ3) is 4.80. The van der Waals surface area contributed by atoms with Gasteiger partial charge in [0.05, 0.1) is 25.5 Å². The van der Waals surface area contributed by atoms with Crippen LogP contribution in [0.5, 0.6) is 0 Å². The maximum atomic E-state index is 5.46. The topological polar surface area (TPSA) is 76.5 Å². The van der Waals surface area contributed by atoms with Gasteiger partial charge in [0.1, 0.15) is 6.17 Å². The maximum absolute atomic E-state index is 5.46. The third-order valence-corrected chi connectivity index (χ3v) is 6.85. The summed E-state index contributed by atoms with van der Waals surface area (Å²) in [6.07, 6.45) is 3.11. The molecule has 4 aliphatic heterocycles.